The van der Waals surface area contributed by atoms with Crippen molar-refractivity contribution in [2.24, 2.45) is 5.92 Å². The Hall–Kier alpha value is -2.82. The van der Waals surface area contributed by atoms with Gasteiger partial charge in [0.15, 0.2) is 0 Å². The first kappa shape index (κ1) is 19.0. The maximum Gasteiger partial charge on any atom is 0.321 e. The molecule has 142 valence electrons. The third kappa shape index (κ3) is 5.58. The lowest BCUT2D eigenvalue weighted by molar-refractivity contribution is -0.143. The molecular weight excluding hydrogens is 340 g/mol. The van der Waals surface area contributed by atoms with E-state index < -0.39 is 5.97 Å². The number of carboxylic acid groups (broad SMARTS) is 1. The predicted molar refractivity (Wildman–Crippen MR) is 106 cm³/mol. The third-order valence-electron chi connectivity index (χ3n) is 5.11. The van der Waals surface area contributed by atoms with Crippen LogP contribution in [0.4, 0.5) is 10.5 Å². The van der Waals surface area contributed by atoms with Gasteiger partial charge in [0, 0.05) is 18.8 Å². The van der Waals surface area contributed by atoms with E-state index in [-0.39, 0.29) is 11.9 Å². The van der Waals surface area contributed by atoms with Crippen LogP contribution in [-0.4, -0.2) is 35.1 Å². The number of amides is 2. The molecule has 1 aliphatic heterocycles. The van der Waals surface area contributed by atoms with Crippen LogP contribution in [0.5, 0.6) is 0 Å². The highest BCUT2D eigenvalue weighted by Gasteiger charge is 2.26. The van der Waals surface area contributed by atoms with E-state index in [1.54, 1.807) is 4.90 Å². The zero-order valence-corrected chi connectivity index (χ0v) is 15.4. The normalized spacial score (nSPS) is 14.7. The van der Waals surface area contributed by atoms with Crippen molar-refractivity contribution in [3.8, 4) is 0 Å². The highest BCUT2D eigenvalue weighted by atomic mass is 16.4. The lowest BCUT2D eigenvalue weighted by Gasteiger charge is -2.30. The van der Waals surface area contributed by atoms with Gasteiger partial charge in [-0.2, -0.15) is 0 Å². The quantitative estimate of drug-likeness (QED) is 0.805. The molecule has 0 radical (unpaired) electrons. The van der Waals surface area contributed by atoms with Gasteiger partial charge in [-0.1, -0.05) is 42.5 Å². The molecule has 0 saturated carbocycles. The summed E-state index contributed by atoms with van der Waals surface area (Å²) >= 11 is 0. The molecule has 0 atom stereocenters. The smallest absolute Gasteiger partial charge is 0.321 e. The molecule has 2 aromatic carbocycles. The van der Waals surface area contributed by atoms with E-state index in [0.29, 0.717) is 25.9 Å². The fourth-order valence-corrected chi connectivity index (χ4v) is 3.43. The van der Waals surface area contributed by atoms with Gasteiger partial charge in [0.25, 0.3) is 0 Å². The third-order valence-corrected chi connectivity index (χ3v) is 5.11. The lowest BCUT2D eigenvalue weighted by atomic mass is 9.97. The van der Waals surface area contributed by atoms with Crippen LogP contribution in [0.1, 0.15) is 30.4 Å². The Balaban J connectivity index is 1.43. The minimum atomic E-state index is -0.766. The number of aryl methyl sites for hydroxylation is 2. The summed E-state index contributed by atoms with van der Waals surface area (Å²) in [6.07, 6.45) is 4.19. The van der Waals surface area contributed by atoms with Crippen LogP contribution in [0, 0.1) is 5.92 Å². The van der Waals surface area contributed by atoms with Crippen molar-refractivity contribution >= 4 is 17.7 Å². The first-order valence-corrected chi connectivity index (χ1v) is 9.53. The summed E-state index contributed by atoms with van der Waals surface area (Å²) in [4.78, 5) is 25.0. The molecule has 27 heavy (non-hydrogen) atoms. The van der Waals surface area contributed by atoms with Crippen LogP contribution in [0.3, 0.4) is 0 Å². The Morgan fingerprint density at radius 1 is 0.926 bits per heavy atom. The van der Waals surface area contributed by atoms with Crippen molar-refractivity contribution in [1.29, 1.82) is 0 Å². The molecular formula is C22H26N2O3. The number of anilines is 1. The number of hydrogen-bond donors (Lipinski definition) is 2. The largest absolute Gasteiger partial charge is 0.481 e. The van der Waals surface area contributed by atoms with Gasteiger partial charge in [-0.05, 0) is 55.4 Å². The second kappa shape index (κ2) is 9.21. The van der Waals surface area contributed by atoms with Gasteiger partial charge >= 0.3 is 12.0 Å². The molecule has 2 aromatic rings. The molecule has 0 bridgehead atoms. The summed E-state index contributed by atoms with van der Waals surface area (Å²) < 4.78 is 0. The van der Waals surface area contributed by atoms with Gasteiger partial charge in [-0.3, -0.25) is 4.79 Å². The summed E-state index contributed by atoms with van der Waals surface area (Å²) in [7, 11) is 0. The van der Waals surface area contributed by atoms with Crippen molar-refractivity contribution < 1.29 is 14.7 Å². The summed E-state index contributed by atoms with van der Waals surface area (Å²) in [6.45, 7) is 0.973. The minimum absolute atomic E-state index is 0.157. The topological polar surface area (TPSA) is 69.6 Å². The number of benzene rings is 2. The molecule has 0 aliphatic carbocycles. The zero-order valence-electron chi connectivity index (χ0n) is 15.4. The highest BCUT2D eigenvalue weighted by Crippen LogP contribution is 2.19. The number of urea groups is 1. The van der Waals surface area contributed by atoms with E-state index in [1.807, 2.05) is 18.2 Å². The number of carboxylic acids is 1. The minimum Gasteiger partial charge on any atom is -0.481 e. The maximum atomic E-state index is 12.3. The Morgan fingerprint density at radius 3 is 2.11 bits per heavy atom. The Bertz CT molecular complexity index is 751. The SMILES string of the molecule is O=C(O)C1CCN(C(=O)Nc2ccc(CCCc3ccccc3)cc2)CC1. The van der Waals surface area contributed by atoms with Crippen molar-refractivity contribution in [3.63, 3.8) is 0 Å². The number of hydrogen-bond acceptors (Lipinski definition) is 2. The number of piperidine rings is 1. The fourth-order valence-electron chi connectivity index (χ4n) is 3.43. The molecule has 5 nitrogen and oxygen atoms in total. The second-order valence-corrected chi connectivity index (χ2v) is 7.07. The first-order chi connectivity index (χ1) is 13.1. The van der Waals surface area contributed by atoms with E-state index in [4.69, 9.17) is 5.11 Å². The highest BCUT2D eigenvalue weighted by molar-refractivity contribution is 5.89. The number of rotatable bonds is 6. The molecule has 5 heteroatoms. The summed E-state index contributed by atoms with van der Waals surface area (Å²) in [5, 5.41) is 11.9. The Morgan fingerprint density at radius 2 is 1.52 bits per heavy atom. The van der Waals surface area contributed by atoms with Crippen molar-refractivity contribution in [1.82, 2.24) is 4.90 Å². The molecule has 1 heterocycles. The Kier molecular flexibility index (Phi) is 6.47. The van der Waals surface area contributed by atoms with E-state index in [1.165, 1.54) is 11.1 Å². The number of likely N-dealkylation sites (tertiary alicyclic amines) is 1. The van der Waals surface area contributed by atoms with Crippen LogP contribution in [0.25, 0.3) is 0 Å². The molecule has 2 N–H and O–H groups in total. The molecule has 1 fully saturated rings. The number of aliphatic carboxylic acids is 1. The average molecular weight is 366 g/mol. The molecule has 1 aliphatic rings. The molecule has 1 saturated heterocycles. The van der Waals surface area contributed by atoms with Gasteiger partial charge in [0.05, 0.1) is 5.92 Å². The molecule has 3 rings (SSSR count). The van der Waals surface area contributed by atoms with Crippen LogP contribution < -0.4 is 5.32 Å². The van der Waals surface area contributed by atoms with Crippen LogP contribution in [-0.2, 0) is 17.6 Å². The van der Waals surface area contributed by atoms with E-state index >= 15 is 0 Å². The van der Waals surface area contributed by atoms with Crippen molar-refractivity contribution in [2.45, 2.75) is 32.1 Å². The molecule has 0 aromatic heterocycles. The van der Waals surface area contributed by atoms with Gasteiger partial charge in [0.2, 0.25) is 0 Å². The number of nitrogens with one attached hydrogen (secondary N) is 1. The van der Waals surface area contributed by atoms with Crippen LogP contribution in [0.2, 0.25) is 0 Å². The predicted octanol–water partition coefficient (Wildman–Crippen LogP) is 4.19. The number of nitrogens with zero attached hydrogens (tertiary/aromatic N) is 1. The maximum absolute atomic E-state index is 12.3. The molecule has 0 unspecified atom stereocenters. The van der Waals surface area contributed by atoms with Crippen molar-refractivity contribution in [3.05, 3.63) is 65.7 Å². The molecule has 0 spiro atoms. The van der Waals surface area contributed by atoms with Gasteiger partial charge in [-0.15, -0.1) is 0 Å². The average Bonchev–Trinajstić information content (AvgIpc) is 2.70. The number of carbonyl (C=O) groups excluding carboxylic acids is 1. The van der Waals surface area contributed by atoms with Crippen molar-refractivity contribution in [2.75, 3.05) is 18.4 Å². The fraction of sp³-hybridized carbons (Fsp3) is 0.364. The monoisotopic (exact) mass is 366 g/mol. The van der Waals surface area contributed by atoms with E-state index in [9.17, 15) is 9.59 Å². The van der Waals surface area contributed by atoms with E-state index in [2.05, 4.69) is 41.7 Å². The Labute approximate surface area is 160 Å². The lowest BCUT2D eigenvalue weighted by Crippen LogP contribution is -2.42. The summed E-state index contributed by atoms with van der Waals surface area (Å²) in [5.74, 6) is -1.10. The van der Waals surface area contributed by atoms with Gasteiger partial charge in [0.1, 0.15) is 0 Å². The standard InChI is InChI=1S/C22H26N2O3/c25-21(26)19-13-15-24(16-14-19)22(27)23-20-11-9-18(10-12-20)8-4-7-17-5-2-1-3-6-17/h1-3,5-6,9-12,19H,4,7-8,13-16H2,(H,23,27)(H,25,26). The van der Waals surface area contributed by atoms with Gasteiger partial charge in [-0.25, -0.2) is 4.79 Å². The van der Waals surface area contributed by atoms with Crippen LogP contribution in [0.15, 0.2) is 54.6 Å². The summed E-state index contributed by atoms with van der Waals surface area (Å²) in [5.41, 5.74) is 3.38. The zero-order chi connectivity index (χ0) is 19.1. The second-order valence-electron chi connectivity index (χ2n) is 7.07. The number of carbonyl (C=O) groups is 2. The summed E-state index contributed by atoms with van der Waals surface area (Å²) in [6, 6.07) is 18.3. The molecule has 2 amide bonds. The van der Waals surface area contributed by atoms with E-state index in [0.717, 1.165) is 24.9 Å². The first-order valence-electron chi connectivity index (χ1n) is 9.53. The van der Waals surface area contributed by atoms with Crippen LogP contribution >= 0.6 is 0 Å². The van der Waals surface area contributed by atoms with Gasteiger partial charge < -0.3 is 15.3 Å².